The third-order valence-corrected chi connectivity index (χ3v) is 3.97. The van der Waals surface area contributed by atoms with E-state index < -0.39 is 5.91 Å². The van der Waals surface area contributed by atoms with E-state index in [1.54, 1.807) is 24.3 Å². The van der Waals surface area contributed by atoms with Crippen LogP contribution < -0.4 is 15.8 Å². The SMILES string of the molecule is C[C@@H]1CCCC[C@H]1NC(=O)COc1ccccc1C(N)=O. The van der Waals surface area contributed by atoms with Crippen LogP contribution in [-0.2, 0) is 4.79 Å². The van der Waals surface area contributed by atoms with E-state index in [0.29, 0.717) is 11.7 Å². The minimum absolute atomic E-state index is 0.104. The summed E-state index contributed by atoms with van der Waals surface area (Å²) in [5.74, 6) is 0.123. The number of hydrogen-bond donors (Lipinski definition) is 2. The highest BCUT2D eigenvalue weighted by atomic mass is 16.5. The lowest BCUT2D eigenvalue weighted by Crippen LogP contribution is -2.43. The summed E-state index contributed by atoms with van der Waals surface area (Å²) >= 11 is 0. The van der Waals surface area contributed by atoms with Crippen LogP contribution >= 0.6 is 0 Å². The molecule has 0 radical (unpaired) electrons. The molecule has 21 heavy (non-hydrogen) atoms. The number of rotatable bonds is 5. The monoisotopic (exact) mass is 290 g/mol. The summed E-state index contributed by atoms with van der Waals surface area (Å²) in [6.07, 6.45) is 4.55. The van der Waals surface area contributed by atoms with Crippen LogP contribution in [0.2, 0.25) is 0 Å². The Bertz CT molecular complexity index is 516. The molecule has 5 heteroatoms. The van der Waals surface area contributed by atoms with Crippen LogP contribution in [0.25, 0.3) is 0 Å². The van der Waals surface area contributed by atoms with Crippen LogP contribution in [-0.4, -0.2) is 24.5 Å². The van der Waals surface area contributed by atoms with Crippen molar-refractivity contribution < 1.29 is 14.3 Å². The number of nitrogens with one attached hydrogen (secondary N) is 1. The predicted molar refractivity (Wildman–Crippen MR) is 80.0 cm³/mol. The maximum atomic E-state index is 12.0. The van der Waals surface area contributed by atoms with Crippen molar-refractivity contribution in [2.75, 3.05) is 6.61 Å². The lowest BCUT2D eigenvalue weighted by atomic mass is 9.86. The molecule has 1 aliphatic carbocycles. The Balaban J connectivity index is 1.88. The molecule has 0 saturated heterocycles. The molecule has 1 fully saturated rings. The Morgan fingerprint density at radius 3 is 2.71 bits per heavy atom. The molecule has 0 aliphatic heterocycles. The molecule has 0 aromatic heterocycles. The maximum absolute atomic E-state index is 12.0. The molecule has 0 heterocycles. The van der Waals surface area contributed by atoms with Gasteiger partial charge in [-0.2, -0.15) is 0 Å². The first-order valence-corrected chi connectivity index (χ1v) is 7.39. The molecule has 2 atom stereocenters. The number of carbonyl (C=O) groups excluding carboxylic acids is 2. The normalized spacial score (nSPS) is 21.6. The predicted octanol–water partition coefficient (Wildman–Crippen LogP) is 1.86. The summed E-state index contributed by atoms with van der Waals surface area (Å²) < 4.78 is 5.42. The van der Waals surface area contributed by atoms with E-state index in [9.17, 15) is 9.59 Å². The molecule has 0 spiro atoms. The van der Waals surface area contributed by atoms with Gasteiger partial charge in [-0.15, -0.1) is 0 Å². The molecule has 1 aromatic rings. The van der Waals surface area contributed by atoms with Crippen molar-refractivity contribution in [3.63, 3.8) is 0 Å². The van der Waals surface area contributed by atoms with Crippen molar-refractivity contribution in [3.8, 4) is 5.75 Å². The molecule has 0 unspecified atom stereocenters. The summed E-state index contributed by atoms with van der Waals surface area (Å²) in [5, 5.41) is 3.01. The average Bonchev–Trinajstić information content (AvgIpc) is 2.48. The van der Waals surface area contributed by atoms with E-state index in [0.717, 1.165) is 19.3 Å². The van der Waals surface area contributed by atoms with Crippen molar-refractivity contribution in [1.29, 1.82) is 0 Å². The van der Waals surface area contributed by atoms with E-state index in [2.05, 4.69) is 12.2 Å². The number of amides is 2. The highest BCUT2D eigenvalue weighted by molar-refractivity contribution is 5.95. The quantitative estimate of drug-likeness (QED) is 0.868. The second-order valence-corrected chi connectivity index (χ2v) is 5.58. The fourth-order valence-electron chi connectivity index (χ4n) is 2.72. The average molecular weight is 290 g/mol. The van der Waals surface area contributed by atoms with E-state index in [1.807, 2.05) is 0 Å². The highest BCUT2D eigenvalue weighted by Gasteiger charge is 2.23. The lowest BCUT2D eigenvalue weighted by Gasteiger charge is -2.29. The number of benzene rings is 1. The fourth-order valence-corrected chi connectivity index (χ4v) is 2.72. The first kappa shape index (κ1) is 15.4. The number of primary amides is 1. The summed E-state index contributed by atoms with van der Waals surface area (Å²) in [4.78, 5) is 23.2. The largest absolute Gasteiger partial charge is 0.483 e. The molecule has 1 aliphatic rings. The van der Waals surface area contributed by atoms with Crippen molar-refractivity contribution in [2.45, 2.75) is 38.6 Å². The van der Waals surface area contributed by atoms with Gasteiger partial charge in [0.15, 0.2) is 6.61 Å². The number of carbonyl (C=O) groups is 2. The first-order chi connectivity index (χ1) is 10.1. The Kier molecular flexibility index (Phi) is 5.20. The molecule has 3 N–H and O–H groups in total. The molecular weight excluding hydrogens is 268 g/mol. The Morgan fingerprint density at radius 2 is 2.00 bits per heavy atom. The topological polar surface area (TPSA) is 81.4 Å². The number of para-hydroxylation sites is 1. The molecule has 114 valence electrons. The third kappa shape index (κ3) is 4.21. The van der Waals surface area contributed by atoms with Crippen molar-refractivity contribution in [3.05, 3.63) is 29.8 Å². The number of hydrogen-bond acceptors (Lipinski definition) is 3. The second kappa shape index (κ2) is 7.11. The van der Waals surface area contributed by atoms with E-state index in [1.165, 1.54) is 6.42 Å². The molecule has 2 amide bonds. The molecule has 1 aromatic carbocycles. The summed E-state index contributed by atoms with van der Waals surface area (Å²) in [6.45, 7) is 2.06. The van der Waals surface area contributed by atoms with Crippen LogP contribution in [0.5, 0.6) is 5.75 Å². The van der Waals surface area contributed by atoms with Gasteiger partial charge in [-0.1, -0.05) is 31.9 Å². The van der Waals surface area contributed by atoms with Gasteiger partial charge in [0.1, 0.15) is 5.75 Å². The fraction of sp³-hybridized carbons (Fsp3) is 0.500. The zero-order valence-corrected chi connectivity index (χ0v) is 12.3. The zero-order valence-electron chi connectivity index (χ0n) is 12.3. The van der Waals surface area contributed by atoms with Gasteiger partial charge in [0, 0.05) is 6.04 Å². The van der Waals surface area contributed by atoms with Crippen LogP contribution in [0.4, 0.5) is 0 Å². The number of ether oxygens (including phenoxy) is 1. The van der Waals surface area contributed by atoms with Gasteiger partial charge in [0.2, 0.25) is 0 Å². The van der Waals surface area contributed by atoms with E-state index in [-0.39, 0.29) is 24.1 Å². The second-order valence-electron chi connectivity index (χ2n) is 5.58. The van der Waals surface area contributed by atoms with Crippen LogP contribution in [0.1, 0.15) is 43.0 Å². The van der Waals surface area contributed by atoms with Gasteiger partial charge < -0.3 is 15.8 Å². The minimum Gasteiger partial charge on any atom is -0.483 e. The van der Waals surface area contributed by atoms with Gasteiger partial charge in [-0.25, -0.2) is 0 Å². The van der Waals surface area contributed by atoms with Gasteiger partial charge in [-0.3, -0.25) is 9.59 Å². The molecule has 5 nitrogen and oxygen atoms in total. The molecule has 2 rings (SSSR count). The van der Waals surface area contributed by atoms with Crippen molar-refractivity contribution in [2.24, 2.45) is 11.7 Å². The standard InChI is InChI=1S/C16H22N2O3/c1-11-6-2-4-8-13(11)18-15(19)10-21-14-9-5-3-7-12(14)16(17)20/h3,5,7,9,11,13H,2,4,6,8,10H2,1H3,(H2,17,20)(H,18,19)/t11-,13-/m1/s1. The Labute approximate surface area is 124 Å². The smallest absolute Gasteiger partial charge is 0.258 e. The van der Waals surface area contributed by atoms with E-state index in [4.69, 9.17) is 10.5 Å². The number of nitrogens with two attached hydrogens (primary N) is 1. The van der Waals surface area contributed by atoms with Gasteiger partial charge in [0.25, 0.3) is 11.8 Å². The van der Waals surface area contributed by atoms with Crippen LogP contribution in [0.3, 0.4) is 0 Å². The third-order valence-electron chi connectivity index (χ3n) is 3.97. The van der Waals surface area contributed by atoms with Crippen LogP contribution in [0.15, 0.2) is 24.3 Å². The van der Waals surface area contributed by atoms with Crippen molar-refractivity contribution in [1.82, 2.24) is 5.32 Å². The molecule has 1 saturated carbocycles. The lowest BCUT2D eigenvalue weighted by molar-refractivity contribution is -0.124. The summed E-state index contributed by atoms with van der Waals surface area (Å²) in [7, 11) is 0. The highest BCUT2D eigenvalue weighted by Crippen LogP contribution is 2.23. The summed E-state index contributed by atoms with van der Waals surface area (Å²) in [5.41, 5.74) is 5.56. The van der Waals surface area contributed by atoms with Gasteiger partial charge in [0.05, 0.1) is 5.56 Å². The summed E-state index contributed by atoms with van der Waals surface area (Å²) in [6, 6.07) is 6.89. The minimum atomic E-state index is -0.563. The zero-order chi connectivity index (χ0) is 15.2. The van der Waals surface area contributed by atoms with Crippen molar-refractivity contribution >= 4 is 11.8 Å². The Hall–Kier alpha value is -2.04. The van der Waals surface area contributed by atoms with Gasteiger partial charge in [-0.05, 0) is 30.9 Å². The van der Waals surface area contributed by atoms with Gasteiger partial charge >= 0.3 is 0 Å². The first-order valence-electron chi connectivity index (χ1n) is 7.39. The maximum Gasteiger partial charge on any atom is 0.258 e. The Morgan fingerprint density at radius 1 is 1.29 bits per heavy atom. The van der Waals surface area contributed by atoms with Crippen LogP contribution in [0, 0.1) is 5.92 Å². The molecular formula is C16H22N2O3. The van der Waals surface area contributed by atoms with E-state index >= 15 is 0 Å². The molecule has 0 bridgehead atoms.